The molecule has 2 aliphatic heterocycles. The topological polar surface area (TPSA) is 30.3 Å². The maximum absolute atomic E-state index is 5.14. The number of ether oxygens (including phenoxy) is 1. The molecule has 0 bridgehead atoms. The van der Waals surface area contributed by atoms with E-state index in [0.717, 1.165) is 26.3 Å². The fourth-order valence-electron chi connectivity index (χ4n) is 1.90. The molecule has 0 aliphatic carbocycles. The summed E-state index contributed by atoms with van der Waals surface area (Å²) in [5.41, 5.74) is 2.63. The van der Waals surface area contributed by atoms with Crippen LogP contribution < -0.4 is 0 Å². The summed E-state index contributed by atoms with van der Waals surface area (Å²) in [6.07, 6.45) is 2.17. The molecule has 0 saturated carbocycles. The molecular formula is C13H25N3O. The van der Waals surface area contributed by atoms with E-state index in [1.807, 2.05) is 27.7 Å². The van der Waals surface area contributed by atoms with Gasteiger partial charge in [0, 0.05) is 24.8 Å². The molecule has 1 aromatic rings. The maximum atomic E-state index is 5.14. The van der Waals surface area contributed by atoms with Crippen LogP contribution in [0, 0.1) is 0 Å². The summed E-state index contributed by atoms with van der Waals surface area (Å²) in [5.74, 6) is 0. The molecule has 2 aliphatic rings. The van der Waals surface area contributed by atoms with Crippen molar-refractivity contribution in [3.8, 4) is 0 Å². The summed E-state index contributed by atoms with van der Waals surface area (Å²) < 4.78 is 7.21. The standard InChI is InChI=1S/C9H13N3O.2C2H6/c1-11-2-7-3-12(8-5-13-6-8)10-9(7)4-11;2*1-2/h3,8H,2,4-6H2,1H3;2*1-2H3. The van der Waals surface area contributed by atoms with Gasteiger partial charge in [-0.1, -0.05) is 27.7 Å². The Morgan fingerprint density at radius 3 is 2.29 bits per heavy atom. The Labute approximate surface area is 105 Å². The van der Waals surface area contributed by atoms with Crippen molar-refractivity contribution in [3.63, 3.8) is 0 Å². The van der Waals surface area contributed by atoms with Gasteiger partial charge in [0.05, 0.1) is 24.9 Å². The first-order valence-corrected chi connectivity index (χ1v) is 6.66. The first-order valence-electron chi connectivity index (χ1n) is 6.66. The Balaban J connectivity index is 0.000000330. The van der Waals surface area contributed by atoms with Crippen LogP contribution in [-0.4, -0.2) is 34.9 Å². The molecule has 4 nitrogen and oxygen atoms in total. The van der Waals surface area contributed by atoms with Crippen molar-refractivity contribution >= 4 is 0 Å². The summed E-state index contributed by atoms with van der Waals surface area (Å²) in [7, 11) is 2.12. The zero-order chi connectivity index (χ0) is 12.8. The molecule has 0 aromatic carbocycles. The lowest BCUT2D eigenvalue weighted by Crippen LogP contribution is -2.31. The van der Waals surface area contributed by atoms with E-state index in [2.05, 4.69) is 27.9 Å². The third-order valence-electron chi connectivity index (χ3n) is 2.75. The minimum atomic E-state index is 0.496. The third-order valence-corrected chi connectivity index (χ3v) is 2.75. The van der Waals surface area contributed by atoms with Crippen molar-refractivity contribution < 1.29 is 4.74 Å². The predicted molar refractivity (Wildman–Crippen MR) is 70.0 cm³/mol. The lowest BCUT2D eigenvalue weighted by atomic mass is 10.2. The summed E-state index contributed by atoms with van der Waals surface area (Å²) in [6, 6.07) is 0.496. The van der Waals surface area contributed by atoms with Crippen LogP contribution in [0.1, 0.15) is 45.0 Å². The number of fused-ring (bicyclic) bond motifs is 1. The van der Waals surface area contributed by atoms with Gasteiger partial charge in [-0.15, -0.1) is 0 Å². The van der Waals surface area contributed by atoms with Gasteiger partial charge in [-0.3, -0.25) is 9.58 Å². The van der Waals surface area contributed by atoms with Crippen LogP contribution in [-0.2, 0) is 17.8 Å². The molecule has 1 aromatic heterocycles. The summed E-state index contributed by atoms with van der Waals surface area (Å²) in [6.45, 7) is 11.7. The smallest absolute Gasteiger partial charge is 0.0985 e. The first kappa shape index (κ1) is 14.2. The second-order valence-electron chi connectivity index (χ2n) is 3.94. The van der Waals surface area contributed by atoms with Crippen molar-refractivity contribution in [2.45, 2.75) is 46.8 Å². The van der Waals surface area contributed by atoms with Gasteiger partial charge >= 0.3 is 0 Å². The number of rotatable bonds is 1. The molecule has 1 fully saturated rings. The molecule has 0 radical (unpaired) electrons. The van der Waals surface area contributed by atoms with Crippen molar-refractivity contribution in [1.29, 1.82) is 0 Å². The van der Waals surface area contributed by atoms with E-state index in [4.69, 9.17) is 4.74 Å². The second kappa shape index (κ2) is 6.77. The van der Waals surface area contributed by atoms with Crippen LogP contribution in [0.25, 0.3) is 0 Å². The second-order valence-corrected chi connectivity index (χ2v) is 3.94. The number of aromatic nitrogens is 2. The van der Waals surface area contributed by atoms with Crippen LogP contribution in [0.3, 0.4) is 0 Å². The minimum absolute atomic E-state index is 0.496. The van der Waals surface area contributed by atoms with Gasteiger partial charge in [-0.05, 0) is 7.05 Å². The largest absolute Gasteiger partial charge is 0.377 e. The normalized spacial score (nSPS) is 18.4. The molecule has 0 atom stereocenters. The molecule has 4 heteroatoms. The molecule has 0 amide bonds. The zero-order valence-corrected chi connectivity index (χ0v) is 11.7. The number of hydrogen-bond donors (Lipinski definition) is 0. The zero-order valence-electron chi connectivity index (χ0n) is 11.7. The average molecular weight is 239 g/mol. The van der Waals surface area contributed by atoms with Gasteiger partial charge in [-0.2, -0.15) is 5.10 Å². The van der Waals surface area contributed by atoms with Crippen LogP contribution in [0.15, 0.2) is 6.20 Å². The molecule has 1 saturated heterocycles. The monoisotopic (exact) mass is 239 g/mol. The van der Waals surface area contributed by atoms with E-state index in [1.165, 1.54) is 11.3 Å². The van der Waals surface area contributed by atoms with E-state index in [1.54, 1.807) is 0 Å². The van der Waals surface area contributed by atoms with Gasteiger partial charge in [0.1, 0.15) is 0 Å². The SMILES string of the molecule is CC.CC.CN1Cc2cn(C3COC3)nc2C1. The van der Waals surface area contributed by atoms with Crippen LogP contribution in [0.5, 0.6) is 0 Å². The van der Waals surface area contributed by atoms with E-state index in [-0.39, 0.29) is 0 Å². The molecular weight excluding hydrogens is 214 g/mol. The van der Waals surface area contributed by atoms with Gasteiger partial charge in [0.25, 0.3) is 0 Å². The van der Waals surface area contributed by atoms with Crippen LogP contribution in [0.4, 0.5) is 0 Å². The lowest BCUT2D eigenvalue weighted by molar-refractivity contribution is -0.0289. The first-order chi connectivity index (χ1) is 8.33. The molecule has 0 spiro atoms. The number of hydrogen-bond acceptors (Lipinski definition) is 3. The van der Waals surface area contributed by atoms with Gasteiger partial charge < -0.3 is 4.74 Å². The quantitative estimate of drug-likeness (QED) is 0.754. The predicted octanol–water partition coefficient (Wildman–Crippen LogP) is 2.45. The summed E-state index contributed by atoms with van der Waals surface area (Å²) in [5, 5.41) is 4.56. The Morgan fingerprint density at radius 2 is 1.82 bits per heavy atom. The Hall–Kier alpha value is -0.870. The summed E-state index contributed by atoms with van der Waals surface area (Å²) >= 11 is 0. The highest BCUT2D eigenvalue weighted by molar-refractivity contribution is 5.21. The minimum Gasteiger partial charge on any atom is -0.377 e. The van der Waals surface area contributed by atoms with E-state index in [9.17, 15) is 0 Å². The van der Waals surface area contributed by atoms with Gasteiger partial charge in [-0.25, -0.2) is 0 Å². The highest BCUT2D eigenvalue weighted by atomic mass is 16.5. The van der Waals surface area contributed by atoms with Gasteiger partial charge in [0.2, 0.25) is 0 Å². The van der Waals surface area contributed by atoms with Crippen LogP contribution >= 0.6 is 0 Å². The third kappa shape index (κ3) is 3.07. The van der Waals surface area contributed by atoms with Crippen molar-refractivity contribution in [2.75, 3.05) is 20.3 Å². The van der Waals surface area contributed by atoms with Gasteiger partial charge in [0.15, 0.2) is 0 Å². The van der Waals surface area contributed by atoms with Crippen molar-refractivity contribution in [2.24, 2.45) is 0 Å². The van der Waals surface area contributed by atoms with Crippen molar-refractivity contribution in [1.82, 2.24) is 14.7 Å². The molecule has 3 rings (SSSR count). The maximum Gasteiger partial charge on any atom is 0.0985 e. The highest BCUT2D eigenvalue weighted by Gasteiger charge is 2.25. The molecule has 17 heavy (non-hydrogen) atoms. The van der Waals surface area contributed by atoms with E-state index in [0.29, 0.717) is 6.04 Å². The summed E-state index contributed by atoms with van der Waals surface area (Å²) in [4.78, 5) is 2.28. The molecule has 0 unspecified atom stereocenters. The fraction of sp³-hybridized carbons (Fsp3) is 0.769. The Kier molecular flexibility index (Phi) is 5.65. The van der Waals surface area contributed by atoms with Crippen molar-refractivity contribution in [3.05, 3.63) is 17.5 Å². The highest BCUT2D eigenvalue weighted by Crippen LogP contribution is 2.23. The van der Waals surface area contributed by atoms with Crippen LogP contribution in [0.2, 0.25) is 0 Å². The fourth-order valence-corrected chi connectivity index (χ4v) is 1.90. The van der Waals surface area contributed by atoms with E-state index < -0.39 is 0 Å². The Morgan fingerprint density at radius 1 is 1.18 bits per heavy atom. The lowest BCUT2D eigenvalue weighted by Gasteiger charge is -2.26. The number of nitrogens with zero attached hydrogens (tertiary/aromatic N) is 3. The average Bonchev–Trinajstić information content (AvgIpc) is 2.78. The molecule has 0 N–H and O–H groups in total. The Bertz CT molecular complexity index is 308. The molecule has 3 heterocycles. The molecule has 98 valence electrons. The van der Waals surface area contributed by atoms with E-state index >= 15 is 0 Å².